The fourth-order valence-electron chi connectivity index (χ4n) is 6.78. The molecule has 5 aliphatic rings. The highest BCUT2D eigenvalue weighted by Gasteiger charge is 2.64. The van der Waals surface area contributed by atoms with Gasteiger partial charge in [0.15, 0.2) is 0 Å². The first kappa shape index (κ1) is 18.9. The molecule has 28 heavy (non-hydrogen) atoms. The summed E-state index contributed by atoms with van der Waals surface area (Å²) in [6, 6.07) is 0. The Hall–Kier alpha value is -1.14. The lowest BCUT2D eigenvalue weighted by molar-refractivity contribution is -0.147. The fraction of sp³-hybridized carbons (Fsp3) is 0.909. The molecule has 1 spiro atoms. The molecular formula is C22H34N2O4. The van der Waals surface area contributed by atoms with Crippen molar-refractivity contribution in [3.05, 3.63) is 0 Å². The Labute approximate surface area is 167 Å². The summed E-state index contributed by atoms with van der Waals surface area (Å²) in [6.45, 7) is 6.59. The number of rotatable bonds is 6. The predicted octanol–water partition coefficient (Wildman–Crippen LogP) is 2.12. The summed E-state index contributed by atoms with van der Waals surface area (Å²) in [5.74, 6) is 1.16. The van der Waals surface area contributed by atoms with E-state index in [-0.39, 0.29) is 34.9 Å². The van der Waals surface area contributed by atoms with E-state index in [0.29, 0.717) is 24.8 Å². The maximum Gasteiger partial charge on any atom is 0.310 e. The molecule has 1 N–H and O–H groups in total. The van der Waals surface area contributed by atoms with Crippen molar-refractivity contribution >= 4 is 11.9 Å². The molecule has 6 atom stereocenters. The number of ether oxygens (including phenoxy) is 2. The van der Waals surface area contributed by atoms with Crippen molar-refractivity contribution in [1.82, 2.24) is 10.2 Å². The molecular weight excluding hydrogens is 356 g/mol. The number of nitrogens with one attached hydrogen (secondary N) is 1. The average Bonchev–Trinajstić information content (AvgIpc) is 3.20. The van der Waals surface area contributed by atoms with Gasteiger partial charge >= 0.3 is 5.97 Å². The van der Waals surface area contributed by atoms with Crippen LogP contribution in [0.3, 0.4) is 0 Å². The third-order valence-electron chi connectivity index (χ3n) is 8.40. The van der Waals surface area contributed by atoms with Gasteiger partial charge in [-0.05, 0) is 62.8 Å². The third kappa shape index (κ3) is 3.17. The van der Waals surface area contributed by atoms with Gasteiger partial charge in [-0.2, -0.15) is 0 Å². The SMILES string of the molecule is C[C@]12CCC[C@]3(CO3)[C@@H]1C[C@H]1[C@@H](C2)OC(=O)[C@@H]1CNCCCN1CCCC1=O. The highest BCUT2D eigenvalue weighted by Crippen LogP contribution is 2.62. The van der Waals surface area contributed by atoms with E-state index < -0.39 is 0 Å². The van der Waals surface area contributed by atoms with Gasteiger partial charge in [-0.1, -0.05) is 6.92 Å². The normalized spacial score (nSPS) is 44.5. The second-order valence-electron chi connectivity index (χ2n) is 10.1. The number of fused-ring (bicyclic) bond motifs is 3. The number of hydrogen-bond acceptors (Lipinski definition) is 5. The number of amides is 1. The van der Waals surface area contributed by atoms with Gasteiger partial charge in [-0.15, -0.1) is 0 Å². The van der Waals surface area contributed by atoms with E-state index in [9.17, 15) is 9.59 Å². The van der Waals surface area contributed by atoms with Crippen LogP contribution in [-0.2, 0) is 19.1 Å². The lowest BCUT2D eigenvalue weighted by Crippen LogP contribution is -2.51. The number of esters is 1. The summed E-state index contributed by atoms with van der Waals surface area (Å²) in [5, 5.41) is 3.48. The fourth-order valence-corrected chi connectivity index (χ4v) is 6.78. The molecule has 5 fully saturated rings. The Morgan fingerprint density at radius 3 is 2.86 bits per heavy atom. The van der Waals surface area contributed by atoms with Gasteiger partial charge < -0.3 is 19.7 Å². The van der Waals surface area contributed by atoms with Gasteiger partial charge in [0, 0.05) is 32.0 Å². The molecule has 6 nitrogen and oxygen atoms in total. The van der Waals surface area contributed by atoms with Crippen molar-refractivity contribution < 1.29 is 19.1 Å². The van der Waals surface area contributed by atoms with E-state index in [2.05, 4.69) is 12.2 Å². The molecule has 0 radical (unpaired) electrons. The van der Waals surface area contributed by atoms with Crippen LogP contribution in [0.5, 0.6) is 0 Å². The first-order valence-corrected chi connectivity index (χ1v) is 11.3. The van der Waals surface area contributed by atoms with Crippen molar-refractivity contribution in [3.63, 3.8) is 0 Å². The van der Waals surface area contributed by atoms with Gasteiger partial charge in [-0.3, -0.25) is 9.59 Å². The minimum atomic E-state index is -0.0271. The lowest BCUT2D eigenvalue weighted by Gasteiger charge is -2.51. The van der Waals surface area contributed by atoms with Crippen LogP contribution in [0.25, 0.3) is 0 Å². The monoisotopic (exact) mass is 390 g/mol. The summed E-state index contributed by atoms with van der Waals surface area (Å²) in [4.78, 5) is 26.2. The van der Waals surface area contributed by atoms with Gasteiger partial charge in [0.05, 0.1) is 18.1 Å². The minimum absolute atomic E-state index is 0.00904. The van der Waals surface area contributed by atoms with Crippen LogP contribution in [0.2, 0.25) is 0 Å². The van der Waals surface area contributed by atoms with E-state index in [4.69, 9.17) is 9.47 Å². The Kier molecular flexibility index (Phi) is 4.70. The lowest BCUT2D eigenvalue weighted by atomic mass is 9.53. The van der Waals surface area contributed by atoms with Crippen LogP contribution < -0.4 is 5.32 Å². The third-order valence-corrected chi connectivity index (χ3v) is 8.40. The van der Waals surface area contributed by atoms with Gasteiger partial charge in [0.25, 0.3) is 0 Å². The smallest absolute Gasteiger partial charge is 0.310 e. The number of epoxide rings is 1. The Morgan fingerprint density at radius 2 is 2.11 bits per heavy atom. The minimum Gasteiger partial charge on any atom is -0.462 e. The molecule has 0 aromatic heterocycles. The van der Waals surface area contributed by atoms with Crippen LogP contribution in [0.15, 0.2) is 0 Å². The highest BCUT2D eigenvalue weighted by molar-refractivity contribution is 5.78. The molecule has 2 saturated carbocycles. The molecule has 0 bridgehead atoms. The molecule has 3 heterocycles. The molecule has 0 aromatic rings. The van der Waals surface area contributed by atoms with E-state index in [0.717, 1.165) is 51.9 Å². The molecule has 6 heteroatoms. The summed E-state index contributed by atoms with van der Waals surface area (Å²) in [6.07, 6.45) is 8.48. The largest absolute Gasteiger partial charge is 0.462 e. The first-order valence-electron chi connectivity index (χ1n) is 11.3. The summed E-state index contributed by atoms with van der Waals surface area (Å²) < 4.78 is 11.8. The summed E-state index contributed by atoms with van der Waals surface area (Å²) in [7, 11) is 0. The predicted molar refractivity (Wildman–Crippen MR) is 104 cm³/mol. The zero-order valence-corrected chi connectivity index (χ0v) is 17.1. The standard InChI is InChI=1S/C22H34N2O4/c1-21-6-3-7-22(14-27-22)18(21)11-15-16(20(26)28-17(15)12-21)13-23-8-4-10-24-9-2-5-19(24)25/h15-18,23H,2-14H2,1H3/t15-,16-,17-,18-,21-,22+/m1/s1. The molecule has 2 aliphatic carbocycles. The van der Waals surface area contributed by atoms with Crippen molar-refractivity contribution in [1.29, 1.82) is 0 Å². The van der Waals surface area contributed by atoms with Crippen molar-refractivity contribution in [2.75, 3.05) is 32.8 Å². The summed E-state index contributed by atoms with van der Waals surface area (Å²) >= 11 is 0. The zero-order valence-electron chi connectivity index (χ0n) is 17.1. The first-order chi connectivity index (χ1) is 13.5. The second kappa shape index (κ2) is 6.98. The number of likely N-dealkylation sites (tertiary alicyclic amines) is 1. The molecule has 156 valence electrons. The van der Waals surface area contributed by atoms with E-state index in [1.165, 1.54) is 19.3 Å². The van der Waals surface area contributed by atoms with Crippen molar-refractivity contribution in [3.8, 4) is 0 Å². The number of nitrogens with zero attached hydrogens (tertiary/aromatic N) is 1. The van der Waals surface area contributed by atoms with E-state index in [1.807, 2.05) is 4.90 Å². The van der Waals surface area contributed by atoms with E-state index in [1.54, 1.807) is 0 Å². The quantitative estimate of drug-likeness (QED) is 0.427. The number of carbonyl (C=O) groups is 2. The van der Waals surface area contributed by atoms with Gasteiger partial charge in [-0.25, -0.2) is 0 Å². The molecule has 3 saturated heterocycles. The number of hydrogen-bond donors (Lipinski definition) is 1. The Balaban J connectivity index is 1.15. The van der Waals surface area contributed by atoms with E-state index >= 15 is 0 Å². The topological polar surface area (TPSA) is 71.2 Å². The Bertz CT molecular complexity index is 648. The maximum absolute atomic E-state index is 12.6. The molecule has 1 amide bonds. The zero-order chi connectivity index (χ0) is 19.4. The van der Waals surface area contributed by atoms with Crippen LogP contribution in [0, 0.1) is 23.2 Å². The van der Waals surface area contributed by atoms with Gasteiger partial charge in [0.1, 0.15) is 6.10 Å². The molecule has 5 rings (SSSR count). The number of carbonyl (C=O) groups excluding carboxylic acids is 2. The molecule has 3 aliphatic heterocycles. The van der Waals surface area contributed by atoms with Crippen LogP contribution >= 0.6 is 0 Å². The summed E-state index contributed by atoms with van der Waals surface area (Å²) in [5.41, 5.74) is 0.380. The van der Waals surface area contributed by atoms with Crippen LogP contribution in [-0.4, -0.2) is 61.3 Å². The van der Waals surface area contributed by atoms with Gasteiger partial charge in [0.2, 0.25) is 5.91 Å². The average molecular weight is 391 g/mol. The maximum atomic E-state index is 12.6. The van der Waals surface area contributed by atoms with Crippen molar-refractivity contribution in [2.45, 2.75) is 70.0 Å². The highest BCUT2D eigenvalue weighted by atomic mass is 16.6. The van der Waals surface area contributed by atoms with Crippen molar-refractivity contribution in [2.24, 2.45) is 23.2 Å². The van der Waals surface area contributed by atoms with Crippen LogP contribution in [0.1, 0.15) is 58.3 Å². The second-order valence-corrected chi connectivity index (χ2v) is 10.1. The molecule has 0 aromatic carbocycles. The Morgan fingerprint density at radius 1 is 1.25 bits per heavy atom. The van der Waals surface area contributed by atoms with Crippen LogP contribution in [0.4, 0.5) is 0 Å². The molecule has 0 unspecified atom stereocenters.